The van der Waals surface area contributed by atoms with Gasteiger partial charge in [-0.3, -0.25) is 9.48 Å². The zero-order valence-corrected chi connectivity index (χ0v) is 23.3. The second kappa shape index (κ2) is 10.4. The van der Waals surface area contributed by atoms with Gasteiger partial charge in [0.05, 0.1) is 30.5 Å². The molecule has 0 radical (unpaired) electrons. The minimum atomic E-state index is -0.577. The van der Waals surface area contributed by atoms with E-state index in [2.05, 4.69) is 5.10 Å². The topological polar surface area (TPSA) is 122 Å². The van der Waals surface area contributed by atoms with E-state index in [0.29, 0.717) is 36.1 Å². The van der Waals surface area contributed by atoms with Crippen LogP contribution in [0.5, 0.6) is 11.6 Å². The molecule has 2 N–H and O–H groups in total. The summed E-state index contributed by atoms with van der Waals surface area (Å²) in [6.45, 7) is 10.3. The average Bonchev–Trinajstić information content (AvgIpc) is 3.59. The fourth-order valence-electron chi connectivity index (χ4n) is 4.81. The Balaban J connectivity index is 1.52. The molecular formula is C29H37N5O5. The Kier molecular flexibility index (Phi) is 7.13. The number of carbonyl (C=O) groups excluding carboxylic acids is 2. The maximum Gasteiger partial charge on any atom is 0.410 e. The molecule has 1 saturated heterocycles. The normalized spacial score (nSPS) is 17.9. The first kappa shape index (κ1) is 26.8. The van der Waals surface area contributed by atoms with Crippen molar-refractivity contribution in [3.8, 4) is 22.8 Å². The molecule has 39 heavy (non-hydrogen) atoms. The van der Waals surface area contributed by atoms with Gasteiger partial charge in [0.2, 0.25) is 5.88 Å². The van der Waals surface area contributed by atoms with Crippen molar-refractivity contribution in [3.05, 3.63) is 36.3 Å². The van der Waals surface area contributed by atoms with Gasteiger partial charge >= 0.3 is 6.09 Å². The molecule has 2 aromatic heterocycles. The quantitative estimate of drug-likeness (QED) is 0.447. The highest BCUT2D eigenvalue weighted by molar-refractivity contribution is 6.06. The first-order chi connectivity index (χ1) is 18.5. The van der Waals surface area contributed by atoms with Gasteiger partial charge in [0, 0.05) is 35.5 Å². The molecule has 1 aromatic carbocycles. The van der Waals surface area contributed by atoms with Crippen molar-refractivity contribution in [2.24, 2.45) is 5.73 Å². The molecule has 5 rings (SSSR count). The smallest absolute Gasteiger partial charge is 0.410 e. The summed E-state index contributed by atoms with van der Waals surface area (Å²) in [5, 5.41) is 5.99. The second-order valence-electron chi connectivity index (χ2n) is 11.7. The van der Waals surface area contributed by atoms with Gasteiger partial charge in [-0.05, 0) is 77.8 Å². The van der Waals surface area contributed by atoms with Crippen molar-refractivity contribution in [2.75, 3.05) is 13.1 Å². The Morgan fingerprint density at radius 3 is 2.54 bits per heavy atom. The zero-order chi connectivity index (χ0) is 27.9. The number of benzene rings is 1. The Bertz CT molecular complexity index is 1390. The molecule has 3 heterocycles. The van der Waals surface area contributed by atoms with Crippen molar-refractivity contribution < 1.29 is 23.8 Å². The van der Waals surface area contributed by atoms with Crippen LogP contribution < -0.4 is 15.2 Å². The molecule has 1 aliphatic heterocycles. The number of piperidine rings is 1. The molecule has 0 unspecified atom stereocenters. The standard InChI is InChI=1S/C29H37N5O5/c1-17(2)37-25-12-22-21(11-23(25)26(30)35)24(18-13-32-34(15-18)19-8-9-19)14-31-27(22)38-20-7-6-10-33(16-20)28(36)39-29(3,4)5/h11-15,17,19-20H,6-10,16H2,1-5H3,(H2,30,35)/t20-/m1/s1. The number of rotatable bonds is 7. The number of likely N-dealkylation sites (tertiary alicyclic amines) is 1. The molecule has 10 nitrogen and oxygen atoms in total. The molecule has 1 aliphatic carbocycles. The first-order valence-electron chi connectivity index (χ1n) is 13.6. The fraction of sp³-hybridized carbons (Fsp3) is 0.517. The molecule has 2 fully saturated rings. The summed E-state index contributed by atoms with van der Waals surface area (Å²) in [7, 11) is 0. The number of pyridine rings is 1. The highest BCUT2D eigenvalue weighted by Gasteiger charge is 2.30. The average molecular weight is 536 g/mol. The molecule has 0 spiro atoms. The predicted octanol–water partition coefficient (Wildman–Crippen LogP) is 5.10. The van der Waals surface area contributed by atoms with Crippen LogP contribution in [0.1, 0.15) is 76.7 Å². The van der Waals surface area contributed by atoms with Crippen molar-refractivity contribution in [1.29, 1.82) is 0 Å². The van der Waals surface area contributed by atoms with Gasteiger partial charge in [-0.15, -0.1) is 0 Å². The number of primary amides is 1. The molecule has 2 aliphatic rings. The summed E-state index contributed by atoms with van der Waals surface area (Å²) in [5.41, 5.74) is 7.20. The number of nitrogens with zero attached hydrogens (tertiary/aromatic N) is 4. The summed E-state index contributed by atoms with van der Waals surface area (Å²) in [6.07, 6.45) is 8.58. The van der Waals surface area contributed by atoms with Gasteiger partial charge in [0.1, 0.15) is 17.5 Å². The van der Waals surface area contributed by atoms with Crippen LogP contribution in [0.4, 0.5) is 4.79 Å². The molecule has 1 saturated carbocycles. The number of hydrogen-bond donors (Lipinski definition) is 1. The SMILES string of the molecule is CC(C)Oc1cc2c(O[C@@H]3CCCN(C(=O)OC(C)(C)C)C3)ncc(-c3cnn(C4CC4)c3)c2cc1C(N)=O. The highest BCUT2D eigenvalue weighted by atomic mass is 16.6. The third-order valence-corrected chi connectivity index (χ3v) is 6.72. The van der Waals surface area contributed by atoms with Crippen LogP contribution >= 0.6 is 0 Å². The van der Waals surface area contributed by atoms with Crippen molar-refractivity contribution in [3.63, 3.8) is 0 Å². The van der Waals surface area contributed by atoms with Gasteiger partial charge in [-0.25, -0.2) is 9.78 Å². The minimum Gasteiger partial charge on any atom is -0.490 e. The maximum absolute atomic E-state index is 12.7. The van der Waals surface area contributed by atoms with E-state index in [0.717, 1.165) is 42.2 Å². The molecule has 1 atom stereocenters. The molecule has 2 amide bonds. The van der Waals surface area contributed by atoms with E-state index in [1.807, 2.05) is 51.7 Å². The third-order valence-electron chi connectivity index (χ3n) is 6.72. The number of amides is 2. The predicted molar refractivity (Wildman–Crippen MR) is 147 cm³/mol. The second-order valence-corrected chi connectivity index (χ2v) is 11.7. The summed E-state index contributed by atoms with van der Waals surface area (Å²) in [4.78, 5) is 31.5. The van der Waals surface area contributed by atoms with Gasteiger partial charge in [-0.1, -0.05) is 0 Å². The lowest BCUT2D eigenvalue weighted by Gasteiger charge is -2.34. The lowest BCUT2D eigenvalue weighted by Crippen LogP contribution is -2.46. The van der Waals surface area contributed by atoms with Crippen LogP contribution in [0.2, 0.25) is 0 Å². The Morgan fingerprint density at radius 2 is 1.87 bits per heavy atom. The summed E-state index contributed by atoms with van der Waals surface area (Å²) < 4.78 is 20.0. The van der Waals surface area contributed by atoms with E-state index in [9.17, 15) is 9.59 Å². The van der Waals surface area contributed by atoms with Gasteiger partial charge in [0.15, 0.2) is 0 Å². The highest BCUT2D eigenvalue weighted by Crippen LogP contribution is 2.40. The lowest BCUT2D eigenvalue weighted by atomic mass is 9.99. The van der Waals surface area contributed by atoms with Crippen molar-refractivity contribution in [1.82, 2.24) is 19.7 Å². The monoisotopic (exact) mass is 535 g/mol. The van der Waals surface area contributed by atoms with Crippen LogP contribution in [0.3, 0.4) is 0 Å². The number of nitrogens with two attached hydrogens (primary N) is 1. The number of carbonyl (C=O) groups is 2. The van der Waals surface area contributed by atoms with Gasteiger partial charge < -0.3 is 24.8 Å². The fourth-order valence-corrected chi connectivity index (χ4v) is 4.81. The maximum atomic E-state index is 12.7. The van der Waals surface area contributed by atoms with Crippen LogP contribution in [0.25, 0.3) is 21.9 Å². The Labute approximate surface area is 228 Å². The van der Waals surface area contributed by atoms with E-state index < -0.39 is 11.5 Å². The summed E-state index contributed by atoms with van der Waals surface area (Å²) >= 11 is 0. The van der Waals surface area contributed by atoms with Crippen molar-refractivity contribution >= 4 is 22.8 Å². The molecule has 3 aromatic rings. The van der Waals surface area contributed by atoms with Crippen LogP contribution in [0.15, 0.2) is 30.7 Å². The van der Waals surface area contributed by atoms with E-state index in [4.69, 9.17) is 24.9 Å². The number of ether oxygens (including phenoxy) is 3. The minimum absolute atomic E-state index is 0.168. The molecule has 10 heteroatoms. The summed E-state index contributed by atoms with van der Waals surface area (Å²) in [6, 6.07) is 3.97. The van der Waals surface area contributed by atoms with Crippen molar-refractivity contribution in [2.45, 2.75) is 84.2 Å². The Hall–Kier alpha value is -3.82. The number of hydrogen-bond acceptors (Lipinski definition) is 7. The lowest BCUT2D eigenvalue weighted by molar-refractivity contribution is 0.00743. The van der Waals surface area contributed by atoms with Crippen LogP contribution in [-0.4, -0.2) is 62.6 Å². The van der Waals surface area contributed by atoms with E-state index in [-0.39, 0.29) is 23.9 Å². The molecule has 0 bridgehead atoms. The van der Waals surface area contributed by atoms with Crippen LogP contribution in [-0.2, 0) is 4.74 Å². The van der Waals surface area contributed by atoms with E-state index in [1.165, 1.54) is 0 Å². The van der Waals surface area contributed by atoms with Crippen LogP contribution in [0, 0.1) is 0 Å². The first-order valence-corrected chi connectivity index (χ1v) is 13.6. The van der Waals surface area contributed by atoms with Gasteiger partial charge in [0.25, 0.3) is 5.91 Å². The molecule has 208 valence electrons. The van der Waals surface area contributed by atoms with Gasteiger partial charge in [-0.2, -0.15) is 5.10 Å². The number of fused-ring (bicyclic) bond motifs is 1. The van der Waals surface area contributed by atoms with E-state index in [1.54, 1.807) is 23.2 Å². The largest absolute Gasteiger partial charge is 0.490 e. The van der Waals surface area contributed by atoms with E-state index >= 15 is 0 Å². The third kappa shape index (κ3) is 6.10. The zero-order valence-electron chi connectivity index (χ0n) is 23.3. The number of aromatic nitrogens is 3. The molecular weight excluding hydrogens is 498 g/mol. The summed E-state index contributed by atoms with van der Waals surface area (Å²) in [5.74, 6) is 0.206. The Morgan fingerprint density at radius 1 is 1.10 bits per heavy atom.